The average molecular weight is 454 g/mol. The van der Waals surface area contributed by atoms with E-state index in [0.717, 1.165) is 11.4 Å². The van der Waals surface area contributed by atoms with Crippen LogP contribution in [0.15, 0.2) is 139 Å². The molecule has 1 aliphatic rings. The molecule has 0 amide bonds. The summed E-state index contributed by atoms with van der Waals surface area (Å²) in [5.41, 5.74) is 9.30. The van der Waals surface area contributed by atoms with Crippen molar-refractivity contribution in [2.45, 2.75) is 0 Å². The minimum atomic E-state index is 0.619. The first-order valence-electron chi connectivity index (χ1n) is 12.0. The van der Waals surface area contributed by atoms with E-state index in [-0.39, 0.29) is 0 Å². The fraction of sp³-hybridized carbons (Fsp3) is 0.0625. The van der Waals surface area contributed by atoms with Gasteiger partial charge in [0, 0.05) is 22.8 Å². The van der Waals surface area contributed by atoms with Gasteiger partial charge < -0.3 is 0 Å². The van der Waals surface area contributed by atoms with E-state index < -0.39 is 0 Å². The van der Waals surface area contributed by atoms with E-state index in [1.54, 1.807) is 0 Å². The van der Waals surface area contributed by atoms with Crippen molar-refractivity contribution in [1.29, 1.82) is 0 Å². The summed E-state index contributed by atoms with van der Waals surface area (Å²) >= 11 is 0. The first-order chi connectivity index (χ1) is 17.2. The van der Waals surface area contributed by atoms with Crippen LogP contribution in [-0.2, 0) is 0 Å². The molecule has 0 aliphatic carbocycles. The summed E-state index contributed by atoms with van der Waals surface area (Å²) in [4.78, 5) is 0. The molecular weight excluding hydrogens is 426 g/mol. The molecule has 0 saturated carbocycles. The Kier molecular flexibility index (Phi) is 5.32. The number of nitrogens with zero attached hydrogens (tertiary/aromatic N) is 3. The molecular formula is C32H27N3+2. The number of para-hydroxylation sites is 2. The molecule has 0 N–H and O–H groups in total. The Morgan fingerprint density at radius 2 is 1.14 bits per heavy atom. The molecule has 1 heterocycles. The number of quaternary nitrogens is 1. The predicted octanol–water partition coefficient (Wildman–Crippen LogP) is 8.69. The first kappa shape index (κ1) is 21.2. The second-order valence-electron chi connectivity index (χ2n) is 9.13. The van der Waals surface area contributed by atoms with Crippen molar-refractivity contribution in [2.24, 2.45) is 5.11 Å². The number of fused-ring (bicyclic) bond motifs is 1. The molecule has 3 nitrogen and oxygen atoms in total. The zero-order chi connectivity index (χ0) is 23.7. The molecule has 1 unspecified atom stereocenters. The van der Waals surface area contributed by atoms with E-state index in [1.165, 1.54) is 33.6 Å². The van der Waals surface area contributed by atoms with E-state index in [2.05, 4.69) is 139 Å². The highest BCUT2D eigenvalue weighted by Gasteiger charge is 2.44. The van der Waals surface area contributed by atoms with Gasteiger partial charge in [0.15, 0.2) is 11.4 Å². The van der Waals surface area contributed by atoms with Crippen molar-refractivity contribution >= 4 is 22.7 Å². The molecule has 1 aliphatic heterocycles. The fourth-order valence-electron chi connectivity index (χ4n) is 5.06. The third-order valence-electron chi connectivity index (χ3n) is 6.80. The minimum absolute atomic E-state index is 0.619. The zero-order valence-electron chi connectivity index (χ0n) is 19.8. The molecule has 1 atom stereocenters. The summed E-state index contributed by atoms with van der Waals surface area (Å²) in [6.07, 6.45) is 0. The lowest BCUT2D eigenvalue weighted by Gasteiger charge is -2.34. The van der Waals surface area contributed by atoms with Gasteiger partial charge in [-0.15, -0.1) is 0 Å². The Bertz CT molecular complexity index is 1490. The molecule has 6 rings (SSSR count). The highest BCUT2D eigenvalue weighted by atomic mass is 15.5. The SMILES string of the molecule is C[N+]1(c2ccccc2)C[N+](c2ccccc2)=Nc2cc(-c3ccccc3)cc(-c3ccccc3)c21. The molecule has 5 aromatic carbocycles. The number of benzene rings is 5. The third kappa shape index (κ3) is 3.86. The zero-order valence-corrected chi connectivity index (χ0v) is 19.8. The summed E-state index contributed by atoms with van der Waals surface area (Å²) in [5, 5.41) is 5.23. The van der Waals surface area contributed by atoms with Gasteiger partial charge in [0.05, 0.1) is 7.05 Å². The summed E-state index contributed by atoms with van der Waals surface area (Å²) < 4.78 is 2.76. The quantitative estimate of drug-likeness (QED) is 0.191. The van der Waals surface area contributed by atoms with Crippen molar-refractivity contribution < 1.29 is 4.70 Å². The van der Waals surface area contributed by atoms with Crippen LogP contribution in [0.2, 0.25) is 0 Å². The Morgan fingerprint density at radius 3 is 1.77 bits per heavy atom. The molecule has 35 heavy (non-hydrogen) atoms. The van der Waals surface area contributed by atoms with Crippen LogP contribution in [0.5, 0.6) is 0 Å². The van der Waals surface area contributed by atoms with Gasteiger partial charge in [-0.1, -0.05) is 97.1 Å². The van der Waals surface area contributed by atoms with Gasteiger partial charge in [0.25, 0.3) is 0 Å². The monoisotopic (exact) mass is 453 g/mol. The van der Waals surface area contributed by atoms with Crippen LogP contribution in [0.4, 0.5) is 22.7 Å². The van der Waals surface area contributed by atoms with Crippen molar-refractivity contribution in [3.8, 4) is 22.3 Å². The van der Waals surface area contributed by atoms with Crippen LogP contribution in [-0.4, -0.2) is 18.4 Å². The van der Waals surface area contributed by atoms with Gasteiger partial charge >= 0.3 is 6.67 Å². The number of azo groups is 2. The van der Waals surface area contributed by atoms with Crippen LogP contribution >= 0.6 is 0 Å². The molecule has 0 radical (unpaired) electrons. The second kappa shape index (κ2) is 8.79. The summed E-state index contributed by atoms with van der Waals surface area (Å²) in [6.45, 7) is 0.700. The van der Waals surface area contributed by atoms with E-state index in [9.17, 15) is 0 Å². The standard InChI is InChI=1S/C32H27N3/c1-35(29-20-12-5-13-21-29)24-34(28-18-10-4-11-19-28)33-31-23-27(25-14-6-2-7-15-25)22-30(32(31)35)26-16-8-3-9-17-26/h2-23H,24H2,1H3/q+2. The first-order valence-corrected chi connectivity index (χ1v) is 12.0. The second-order valence-corrected chi connectivity index (χ2v) is 9.13. The Morgan fingerprint density at radius 1 is 0.600 bits per heavy atom. The summed E-state index contributed by atoms with van der Waals surface area (Å²) in [5.74, 6) is 0. The van der Waals surface area contributed by atoms with Crippen molar-refractivity contribution in [3.05, 3.63) is 133 Å². The summed E-state index contributed by atoms with van der Waals surface area (Å²) in [7, 11) is 2.30. The smallest absolute Gasteiger partial charge is 0.202 e. The summed E-state index contributed by atoms with van der Waals surface area (Å²) in [6, 6.07) is 47.1. The van der Waals surface area contributed by atoms with E-state index >= 15 is 0 Å². The van der Waals surface area contributed by atoms with Crippen LogP contribution in [0.3, 0.4) is 0 Å². The molecule has 0 fully saturated rings. The lowest BCUT2D eigenvalue weighted by atomic mass is 9.94. The van der Waals surface area contributed by atoms with Gasteiger partial charge in [-0.2, -0.15) is 0 Å². The largest absolute Gasteiger partial charge is 0.311 e. The lowest BCUT2D eigenvalue weighted by molar-refractivity contribution is -0.527. The fourth-order valence-corrected chi connectivity index (χ4v) is 5.06. The molecule has 0 spiro atoms. The molecule has 0 bridgehead atoms. The van der Waals surface area contributed by atoms with E-state index in [0.29, 0.717) is 11.2 Å². The van der Waals surface area contributed by atoms with Crippen LogP contribution in [0.25, 0.3) is 22.3 Å². The molecule has 3 heteroatoms. The van der Waals surface area contributed by atoms with Gasteiger partial charge in [0.2, 0.25) is 5.69 Å². The third-order valence-corrected chi connectivity index (χ3v) is 6.80. The number of rotatable bonds is 4. The number of hydrogen-bond donors (Lipinski definition) is 0. The lowest BCUT2D eigenvalue weighted by Crippen LogP contribution is -2.46. The predicted molar refractivity (Wildman–Crippen MR) is 144 cm³/mol. The van der Waals surface area contributed by atoms with Crippen LogP contribution in [0.1, 0.15) is 0 Å². The van der Waals surface area contributed by atoms with Gasteiger partial charge in [-0.3, -0.25) is 0 Å². The maximum Gasteiger partial charge on any atom is 0.311 e. The van der Waals surface area contributed by atoms with Crippen molar-refractivity contribution in [2.75, 3.05) is 13.7 Å². The Balaban J connectivity index is 1.68. The minimum Gasteiger partial charge on any atom is -0.202 e. The Hall–Kier alpha value is -4.34. The molecule has 0 aromatic heterocycles. The van der Waals surface area contributed by atoms with Crippen molar-refractivity contribution in [3.63, 3.8) is 0 Å². The maximum absolute atomic E-state index is 5.23. The van der Waals surface area contributed by atoms with Crippen LogP contribution in [0, 0.1) is 0 Å². The normalized spacial score (nSPS) is 16.9. The topological polar surface area (TPSA) is 15.4 Å². The average Bonchev–Trinajstić information content (AvgIpc) is 2.94. The van der Waals surface area contributed by atoms with Gasteiger partial charge in [0.1, 0.15) is 5.69 Å². The molecule has 5 aromatic rings. The number of hydrogen-bond acceptors (Lipinski definition) is 1. The van der Waals surface area contributed by atoms with E-state index in [1.807, 2.05) is 6.07 Å². The Labute approximate surface area is 206 Å². The van der Waals surface area contributed by atoms with Gasteiger partial charge in [-0.05, 0) is 45.7 Å². The highest BCUT2D eigenvalue weighted by Crippen LogP contribution is 2.50. The van der Waals surface area contributed by atoms with E-state index in [4.69, 9.17) is 5.11 Å². The molecule has 168 valence electrons. The van der Waals surface area contributed by atoms with Crippen LogP contribution < -0.4 is 4.48 Å². The maximum atomic E-state index is 5.23. The van der Waals surface area contributed by atoms with Crippen molar-refractivity contribution in [1.82, 2.24) is 4.48 Å². The molecule has 0 saturated heterocycles. The highest BCUT2D eigenvalue weighted by molar-refractivity contribution is 5.92. The van der Waals surface area contributed by atoms with Gasteiger partial charge in [-0.25, -0.2) is 4.48 Å².